The largest absolute Gasteiger partial charge is 0.394 e. The van der Waals surface area contributed by atoms with Gasteiger partial charge in [0.05, 0.1) is 25.4 Å². The molecule has 2 aliphatic heterocycles. The van der Waals surface area contributed by atoms with E-state index in [4.69, 9.17) is 24.1 Å². The molecule has 0 bridgehead atoms. The molecule has 9 nitrogen and oxygen atoms in total. The highest BCUT2D eigenvalue weighted by atomic mass is 16.7. The molecule has 2 aliphatic rings. The highest BCUT2D eigenvalue weighted by Gasteiger charge is 2.43. The van der Waals surface area contributed by atoms with Crippen LogP contribution in [0, 0.1) is 0 Å². The summed E-state index contributed by atoms with van der Waals surface area (Å²) in [5.41, 5.74) is 0. The minimum Gasteiger partial charge on any atom is -0.394 e. The topological polar surface area (TPSA) is 138 Å². The number of ether oxygens (including phenoxy) is 4. The molecule has 0 aliphatic carbocycles. The number of hydrogen-bond donors (Lipinski definition) is 5. The fourth-order valence-electron chi connectivity index (χ4n) is 2.71. The van der Waals surface area contributed by atoms with Crippen LogP contribution in [0.5, 0.6) is 0 Å². The Morgan fingerprint density at radius 3 is 2.09 bits per heavy atom. The molecule has 9 heteroatoms. The lowest BCUT2D eigenvalue weighted by molar-refractivity contribution is -0.318. The molecular formula is C13H24O9. The van der Waals surface area contributed by atoms with E-state index in [1.54, 1.807) is 0 Å². The minimum absolute atomic E-state index is 0.0211. The molecule has 0 radical (unpaired) electrons. The lowest BCUT2D eigenvalue weighted by Gasteiger charge is -2.42. The van der Waals surface area contributed by atoms with E-state index in [9.17, 15) is 20.4 Å². The number of aliphatic hydroxyl groups excluding tert-OH is 5. The van der Waals surface area contributed by atoms with Gasteiger partial charge in [-0.15, -0.1) is 0 Å². The van der Waals surface area contributed by atoms with Gasteiger partial charge in [0.25, 0.3) is 0 Å². The van der Waals surface area contributed by atoms with E-state index in [1.807, 2.05) is 0 Å². The van der Waals surface area contributed by atoms with Crippen LogP contribution >= 0.6 is 0 Å². The normalized spacial score (nSPS) is 46.6. The second kappa shape index (κ2) is 7.95. The van der Waals surface area contributed by atoms with Crippen molar-refractivity contribution < 1.29 is 44.5 Å². The van der Waals surface area contributed by atoms with Crippen LogP contribution in [0.4, 0.5) is 0 Å². The van der Waals surface area contributed by atoms with Gasteiger partial charge in [-0.1, -0.05) is 0 Å². The van der Waals surface area contributed by atoms with Crippen LogP contribution in [0.15, 0.2) is 0 Å². The third kappa shape index (κ3) is 3.94. The van der Waals surface area contributed by atoms with Crippen molar-refractivity contribution >= 4 is 0 Å². The first-order chi connectivity index (χ1) is 10.5. The Hall–Kier alpha value is -0.360. The van der Waals surface area contributed by atoms with Crippen molar-refractivity contribution in [3.63, 3.8) is 0 Å². The van der Waals surface area contributed by atoms with Crippen molar-refractivity contribution in [1.29, 1.82) is 0 Å². The highest BCUT2D eigenvalue weighted by molar-refractivity contribution is 4.87. The SMILES string of the molecule is CO[C@@H]1CC(O)[C@H](O[C@@H]2CC(O)C(O)C(CO)O2)[C@@H](CO)O1. The third-order valence-corrected chi connectivity index (χ3v) is 3.97. The summed E-state index contributed by atoms with van der Waals surface area (Å²) in [4.78, 5) is 0. The summed E-state index contributed by atoms with van der Waals surface area (Å²) in [7, 11) is 1.43. The zero-order valence-electron chi connectivity index (χ0n) is 12.3. The fraction of sp³-hybridized carbons (Fsp3) is 1.00. The second-order valence-corrected chi connectivity index (χ2v) is 5.51. The Kier molecular flexibility index (Phi) is 6.50. The predicted octanol–water partition coefficient (Wildman–Crippen LogP) is -2.68. The number of methoxy groups -OCH3 is 1. The quantitative estimate of drug-likeness (QED) is 0.366. The fourth-order valence-corrected chi connectivity index (χ4v) is 2.71. The van der Waals surface area contributed by atoms with Gasteiger partial charge in [-0.25, -0.2) is 0 Å². The molecule has 2 rings (SSSR count). The maximum atomic E-state index is 10.1. The van der Waals surface area contributed by atoms with Gasteiger partial charge in [-0.05, 0) is 0 Å². The molecule has 0 aromatic carbocycles. The summed E-state index contributed by atoms with van der Waals surface area (Å²) >= 11 is 0. The van der Waals surface area contributed by atoms with Crippen molar-refractivity contribution in [2.75, 3.05) is 20.3 Å². The summed E-state index contributed by atoms with van der Waals surface area (Å²) in [6.45, 7) is -0.861. The Morgan fingerprint density at radius 1 is 0.909 bits per heavy atom. The van der Waals surface area contributed by atoms with E-state index >= 15 is 0 Å². The number of aliphatic hydroxyl groups is 5. The maximum Gasteiger partial charge on any atom is 0.161 e. The zero-order chi connectivity index (χ0) is 16.3. The van der Waals surface area contributed by atoms with E-state index < -0.39 is 55.8 Å². The molecule has 130 valence electrons. The van der Waals surface area contributed by atoms with Gasteiger partial charge in [-0.3, -0.25) is 0 Å². The monoisotopic (exact) mass is 324 g/mol. The Bertz CT molecular complexity index is 341. The van der Waals surface area contributed by atoms with Crippen LogP contribution in [-0.2, 0) is 18.9 Å². The molecule has 22 heavy (non-hydrogen) atoms. The summed E-state index contributed by atoms with van der Waals surface area (Å²) in [5, 5.41) is 48.1. The summed E-state index contributed by atoms with van der Waals surface area (Å²) in [6, 6.07) is 0. The standard InChI is InChI=1S/C13H24O9/c1-19-10-3-7(17)13(9(5-15)21-10)22-11-2-6(16)12(18)8(4-14)20-11/h6-18H,2-5H2,1H3/t6?,7?,8?,9-,10+,11-,12?,13+/m1/s1. The molecule has 2 heterocycles. The maximum absolute atomic E-state index is 10.1. The summed E-state index contributed by atoms with van der Waals surface area (Å²) in [5.74, 6) is 0. The van der Waals surface area contributed by atoms with Crippen LogP contribution in [0.1, 0.15) is 12.8 Å². The van der Waals surface area contributed by atoms with Crippen molar-refractivity contribution in [3.05, 3.63) is 0 Å². The predicted molar refractivity (Wildman–Crippen MR) is 70.6 cm³/mol. The van der Waals surface area contributed by atoms with Gasteiger partial charge in [0.2, 0.25) is 0 Å². The van der Waals surface area contributed by atoms with Crippen molar-refractivity contribution in [3.8, 4) is 0 Å². The van der Waals surface area contributed by atoms with Gasteiger partial charge in [0, 0.05) is 20.0 Å². The van der Waals surface area contributed by atoms with Crippen LogP contribution < -0.4 is 0 Å². The van der Waals surface area contributed by atoms with Gasteiger partial charge < -0.3 is 44.5 Å². The van der Waals surface area contributed by atoms with E-state index in [-0.39, 0.29) is 19.4 Å². The molecule has 8 atom stereocenters. The minimum atomic E-state index is -1.20. The molecule has 0 spiro atoms. The Morgan fingerprint density at radius 2 is 1.50 bits per heavy atom. The van der Waals surface area contributed by atoms with E-state index in [2.05, 4.69) is 0 Å². The molecule has 4 unspecified atom stereocenters. The van der Waals surface area contributed by atoms with E-state index in [0.29, 0.717) is 0 Å². The van der Waals surface area contributed by atoms with Gasteiger partial charge in [-0.2, -0.15) is 0 Å². The van der Waals surface area contributed by atoms with Gasteiger partial charge >= 0.3 is 0 Å². The van der Waals surface area contributed by atoms with Crippen LogP contribution in [0.25, 0.3) is 0 Å². The lowest BCUT2D eigenvalue weighted by Crippen LogP contribution is -2.56. The van der Waals surface area contributed by atoms with Crippen molar-refractivity contribution in [2.24, 2.45) is 0 Å². The highest BCUT2D eigenvalue weighted by Crippen LogP contribution is 2.28. The molecular weight excluding hydrogens is 300 g/mol. The molecule has 0 aromatic heterocycles. The molecule has 2 saturated heterocycles. The van der Waals surface area contributed by atoms with Gasteiger partial charge in [0.1, 0.15) is 24.4 Å². The molecule has 5 N–H and O–H groups in total. The van der Waals surface area contributed by atoms with Crippen molar-refractivity contribution in [2.45, 2.75) is 62.0 Å². The smallest absolute Gasteiger partial charge is 0.161 e. The summed E-state index contributed by atoms with van der Waals surface area (Å²) in [6.07, 6.45) is -7.36. The average molecular weight is 324 g/mol. The first-order valence-corrected chi connectivity index (χ1v) is 7.25. The third-order valence-electron chi connectivity index (χ3n) is 3.97. The molecule has 2 fully saturated rings. The molecule has 0 saturated carbocycles. The number of hydrogen-bond acceptors (Lipinski definition) is 9. The second-order valence-electron chi connectivity index (χ2n) is 5.51. The lowest BCUT2D eigenvalue weighted by atomic mass is 10.00. The van der Waals surface area contributed by atoms with Crippen LogP contribution in [0.2, 0.25) is 0 Å². The van der Waals surface area contributed by atoms with Crippen molar-refractivity contribution in [1.82, 2.24) is 0 Å². The van der Waals surface area contributed by atoms with E-state index in [0.717, 1.165) is 0 Å². The summed E-state index contributed by atoms with van der Waals surface area (Å²) < 4.78 is 21.4. The Balaban J connectivity index is 1.99. The first kappa shape index (κ1) is 18.0. The molecule has 0 amide bonds. The number of rotatable bonds is 5. The zero-order valence-corrected chi connectivity index (χ0v) is 12.3. The average Bonchev–Trinajstić information content (AvgIpc) is 2.52. The van der Waals surface area contributed by atoms with Crippen LogP contribution in [-0.4, -0.2) is 95.1 Å². The Labute approximate surface area is 128 Å². The van der Waals surface area contributed by atoms with E-state index in [1.165, 1.54) is 7.11 Å². The van der Waals surface area contributed by atoms with Gasteiger partial charge in [0.15, 0.2) is 12.6 Å². The van der Waals surface area contributed by atoms with Crippen LogP contribution in [0.3, 0.4) is 0 Å². The first-order valence-electron chi connectivity index (χ1n) is 7.25. The molecule has 0 aromatic rings.